The second-order valence-electron chi connectivity index (χ2n) is 5.45. The van der Waals surface area contributed by atoms with Gasteiger partial charge in [0.15, 0.2) is 0 Å². The van der Waals surface area contributed by atoms with Gasteiger partial charge in [-0.05, 0) is 48.8 Å². The Labute approximate surface area is 113 Å². The molecule has 1 fully saturated rings. The van der Waals surface area contributed by atoms with Crippen molar-refractivity contribution in [2.45, 2.75) is 37.7 Å². The summed E-state index contributed by atoms with van der Waals surface area (Å²) in [7, 11) is 1.94. The molecule has 1 unspecified atom stereocenters. The largest absolute Gasteiger partial charge is 0.388 e. The first-order chi connectivity index (χ1) is 9.24. The topological polar surface area (TPSA) is 38.0 Å². The zero-order valence-electron chi connectivity index (χ0n) is 11.3. The molecule has 1 atom stereocenters. The van der Waals surface area contributed by atoms with Crippen molar-refractivity contribution in [2.24, 2.45) is 7.05 Å². The standard InChI is InChI=1S/C16H20N2O/c1-18-15(9-10-17-18)7-8-16(19)14-4-2-3-13(11-14)12-5-6-12/h2-4,9-12,16,19H,5-8H2,1H3. The summed E-state index contributed by atoms with van der Waals surface area (Å²) in [6.45, 7) is 0. The van der Waals surface area contributed by atoms with E-state index in [0.717, 1.165) is 30.0 Å². The van der Waals surface area contributed by atoms with E-state index < -0.39 is 0 Å². The molecule has 0 bridgehead atoms. The van der Waals surface area contributed by atoms with Gasteiger partial charge in [-0.3, -0.25) is 4.68 Å². The van der Waals surface area contributed by atoms with Crippen molar-refractivity contribution in [2.75, 3.05) is 0 Å². The predicted molar refractivity (Wildman–Crippen MR) is 74.9 cm³/mol. The molecular formula is C16H20N2O. The zero-order chi connectivity index (χ0) is 13.2. The van der Waals surface area contributed by atoms with Gasteiger partial charge in [0.1, 0.15) is 0 Å². The molecular weight excluding hydrogens is 236 g/mol. The van der Waals surface area contributed by atoms with E-state index in [1.165, 1.54) is 18.4 Å². The van der Waals surface area contributed by atoms with E-state index in [1.54, 1.807) is 6.20 Å². The molecule has 0 spiro atoms. The van der Waals surface area contributed by atoms with Crippen LogP contribution in [-0.4, -0.2) is 14.9 Å². The molecule has 0 radical (unpaired) electrons. The lowest BCUT2D eigenvalue weighted by molar-refractivity contribution is 0.167. The van der Waals surface area contributed by atoms with Crippen molar-refractivity contribution in [1.82, 2.24) is 9.78 Å². The van der Waals surface area contributed by atoms with Crippen LogP contribution in [0.15, 0.2) is 36.5 Å². The number of nitrogens with zero attached hydrogens (tertiary/aromatic N) is 2. The molecule has 1 aliphatic carbocycles. The molecule has 1 N–H and O–H groups in total. The summed E-state index contributed by atoms with van der Waals surface area (Å²) in [5.74, 6) is 0.740. The van der Waals surface area contributed by atoms with Gasteiger partial charge in [0.2, 0.25) is 0 Å². The Morgan fingerprint density at radius 1 is 1.37 bits per heavy atom. The third-order valence-electron chi connectivity index (χ3n) is 3.94. The minimum absolute atomic E-state index is 0.381. The highest BCUT2D eigenvalue weighted by atomic mass is 16.3. The van der Waals surface area contributed by atoms with Gasteiger partial charge in [-0.2, -0.15) is 5.10 Å². The van der Waals surface area contributed by atoms with Crippen molar-refractivity contribution in [1.29, 1.82) is 0 Å². The quantitative estimate of drug-likeness (QED) is 0.893. The van der Waals surface area contributed by atoms with Crippen molar-refractivity contribution >= 4 is 0 Å². The highest BCUT2D eigenvalue weighted by Crippen LogP contribution is 2.40. The molecule has 0 saturated heterocycles. The van der Waals surface area contributed by atoms with Crippen molar-refractivity contribution in [3.8, 4) is 0 Å². The summed E-state index contributed by atoms with van der Waals surface area (Å²) in [6, 6.07) is 10.4. The summed E-state index contributed by atoms with van der Waals surface area (Å²) < 4.78 is 1.87. The molecule has 19 heavy (non-hydrogen) atoms. The highest BCUT2D eigenvalue weighted by Gasteiger charge is 2.23. The van der Waals surface area contributed by atoms with E-state index in [1.807, 2.05) is 23.9 Å². The van der Waals surface area contributed by atoms with Crippen molar-refractivity contribution in [3.05, 3.63) is 53.3 Å². The van der Waals surface area contributed by atoms with E-state index in [9.17, 15) is 5.11 Å². The Morgan fingerprint density at radius 3 is 2.89 bits per heavy atom. The average Bonchev–Trinajstić information content (AvgIpc) is 3.20. The zero-order valence-corrected chi connectivity index (χ0v) is 11.3. The van der Waals surface area contributed by atoms with Gasteiger partial charge < -0.3 is 5.11 Å². The first-order valence-corrected chi connectivity index (χ1v) is 6.99. The fourth-order valence-electron chi connectivity index (χ4n) is 2.53. The summed E-state index contributed by atoms with van der Waals surface area (Å²) >= 11 is 0. The number of aliphatic hydroxyl groups is 1. The van der Waals surface area contributed by atoms with Crippen LogP contribution in [0.1, 0.15) is 48.1 Å². The number of hydrogen-bond acceptors (Lipinski definition) is 2. The molecule has 1 heterocycles. The number of hydrogen-bond donors (Lipinski definition) is 1. The first kappa shape index (κ1) is 12.4. The molecule has 1 aromatic carbocycles. The lowest BCUT2D eigenvalue weighted by atomic mass is 10.00. The summed E-state index contributed by atoms with van der Waals surface area (Å²) in [5.41, 5.74) is 3.60. The third kappa shape index (κ3) is 2.87. The third-order valence-corrected chi connectivity index (χ3v) is 3.94. The SMILES string of the molecule is Cn1nccc1CCC(O)c1cccc(C2CC2)c1. The van der Waals surface area contributed by atoms with Crippen molar-refractivity contribution < 1.29 is 5.11 Å². The predicted octanol–water partition coefficient (Wildman–Crippen LogP) is 2.96. The van der Waals surface area contributed by atoms with Crippen LogP contribution in [-0.2, 0) is 13.5 Å². The van der Waals surface area contributed by atoms with Crippen LogP contribution in [0.25, 0.3) is 0 Å². The molecule has 1 aliphatic rings. The lowest BCUT2D eigenvalue weighted by Crippen LogP contribution is -2.03. The number of aromatic nitrogens is 2. The Bertz CT molecular complexity index is 557. The molecule has 0 amide bonds. The summed E-state index contributed by atoms with van der Waals surface area (Å²) in [4.78, 5) is 0. The second-order valence-corrected chi connectivity index (χ2v) is 5.45. The smallest absolute Gasteiger partial charge is 0.0793 e. The first-order valence-electron chi connectivity index (χ1n) is 6.99. The van der Waals surface area contributed by atoms with E-state index >= 15 is 0 Å². The molecule has 3 rings (SSSR count). The van der Waals surface area contributed by atoms with Gasteiger partial charge in [-0.25, -0.2) is 0 Å². The average molecular weight is 256 g/mol. The molecule has 0 aliphatic heterocycles. The highest BCUT2D eigenvalue weighted by molar-refractivity contribution is 5.30. The Hall–Kier alpha value is -1.61. The minimum Gasteiger partial charge on any atom is -0.388 e. The van der Waals surface area contributed by atoms with Crippen LogP contribution in [0.4, 0.5) is 0 Å². The number of aliphatic hydroxyl groups excluding tert-OH is 1. The Balaban J connectivity index is 1.64. The van der Waals surface area contributed by atoms with Crippen LogP contribution in [0.5, 0.6) is 0 Å². The van der Waals surface area contributed by atoms with E-state index in [-0.39, 0.29) is 6.10 Å². The summed E-state index contributed by atoms with van der Waals surface area (Å²) in [5, 5.41) is 14.5. The van der Waals surface area contributed by atoms with E-state index in [0.29, 0.717) is 0 Å². The molecule has 3 nitrogen and oxygen atoms in total. The van der Waals surface area contributed by atoms with Gasteiger partial charge in [0, 0.05) is 18.9 Å². The van der Waals surface area contributed by atoms with Gasteiger partial charge in [-0.15, -0.1) is 0 Å². The van der Waals surface area contributed by atoms with Gasteiger partial charge in [0.05, 0.1) is 6.10 Å². The van der Waals surface area contributed by atoms with Crippen LogP contribution in [0.2, 0.25) is 0 Å². The maximum atomic E-state index is 10.3. The van der Waals surface area contributed by atoms with Crippen LogP contribution in [0.3, 0.4) is 0 Å². The van der Waals surface area contributed by atoms with Crippen LogP contribution < -0.4 is 0 Å². The number of benzene rings is 1. The summed E-state index contributed by atoms with van der Waals surface area (Å²) in [6.07, 6.45) is 5.62. The fourth-order valence-corrected chi connectivity index (χ4v) is 2.53. The Kier molecular flexibility index (Phi) is 3.38. The molecule has 3 heteroatoms. The normalized spacial score (nSPS) is 16.5. The fraction of sp³-hybridized carbons (Fsp3) is 0.438. The Morgan fingerprint density at radius 2 is 2.21 bits per heavy atom. The van der Waals surface area contributed by atoms with Gasteiger partial charge in [-0.1, -0.05) is 24.3 Å². The molecule has 2 aromatic rings. The maximum absolute atomic E-state index is 10.3. The van der Waals surface area contributed by atoms with E-state index in [4.69, 9.17) is 0 Å². The van der Waals surface area contributed by atoms with Crippen LogP contribution in [0, 0.1) is 0 Å². The molecule has 1 saturated carbocycles. The number of rotatable bonds is 5. The number of aryl methyl sites for hydroxylation is 2. The lowest BCUT2D eigenvalue weighted by Gasteiger charge is -2.12. The minimum atomic E-state index is -0.381. The second kappa shape index (κ2) is 5.17. The van der Waals surface area contributed by atoms with E-state index in [2.05, 4.69) is 23.3 Å². The molecule has 1 aromatic heterocycles. The maximum Gasteiger partial charge on any atom is 0.0793 e. The van der Waals surface area contributed by atoms with Crippen LogP contribution >= 0.6 is 0 Å². The van der Waals surface area contributed by atoms with Gasteiger partial charge >= 0.3 is 0 Å². The molecule has 100 valence electrons. The van der Waals surface area contributed by atoms with Gasteiger partial charge in [0.25, 0.3) is 0 Å². The monoisotopic (exact) mass is 256 g/mol. The van der Waals surface area contributed by atoms with Crippen molar-refractivity contribution in [3.63, 3.8) is 0 Å².